The first-order chi connectivity index (χ1) is 16.2. The number of hydrogen-bond donors (Lipinski definition) is 1. The molecule has 2 aromatic carbocycles. The van der Waals surface area contributed by atoms with E-state index in [1.807, 2.05) is 0 Å². The van der Waals surface area contributed by atoms with E-state index in [1.165, 1.54) is 40.7 Å². The number of aryl methyl sites for hydroxylation is 1. The SMILES string of the molecule is O=C(COC(=O)CCc1ccc(S(=O)(=O)N2CCCCC2)cc1)Nc1ccc(OC(F)F)cc1. The standard InChI is InChI=1S/C23H26F2N2O6S/c24-23(25)33-19-9-7-18(8-10-19)26-21(28)16-32-22(29)13-6-17-4-11-20(12-5-17)34(30,31)27-14-2-1-3-15-27/h4-5,7-12,23H,1-3,6,13-16H2,(H,26,28). The largest absolute Gasteiger partial charge is 0.456 e. The van der Waals surface area contributed by atoms with Crippen molar-refractivity contribution in [3.05, 3.63) is 54.1 Å². The van der Waals surface area contributed by atoms with E-state index in [0.717, 1.165) is 24.8 Å². The van der Waals surface area contributed by atoms with Crippen molar-refractivity contribution >= 4 is 27.6 Å². The molecule has 0 radical (unpaired) electrons. The molecule has 0 atom stereocenters. The molecular formula is C23H26F2N2O6S. The van der Waals surface area contributed by atoms with Crippen LogP contribution in [0, 0.1) is 0 Å². The number of carbonyl (C=O) groups excluding carboxylic acids is 2. The van der Waals surface area contributed by atoms with Crippen LogP contribution in [0.15, 0.2) is 53.4 Å². The van der Waals surface area contributed by atoms with Gasteiger partial charge in [0.1, 0.15) is 5.75 Å². The minimum atomic E-state index is -3.50. The van der Waals surface area contributed by atoms with Gasteiger partial charge in [-0.05, 0) is 61.2 Å². The molecule has 0 spiro atoms. The molecule has 11 heteroatoms. The fourth-order valence-electron chi connectivity index (χ4n) is 3.46. The highest BCUT2D eigenvalue weighted by Gasteiger charge is 2.25. The average molecular weight is 497 g/mol. The van der Waals surface area contributed by atoms with E-state index in [1.54, 1.807) is 12.1 Å². The first-order valence-corrected chi connectivity index (χ1v) is 12.3. The van der Waals surface area contributed by atoms with E-state index in [-0.39, 0.29) is 17.1 Å². The van der Waals surface area contributed by atoms with E-state index >= 15 is 0 Å². The number of piperidine rings is 1. The first-order valence-electron chi connectivity index (χ1n) is 10.8. The molecule has 1 saturated heterocycles. The Morgan fingerprint density at radius 3 is 2.24 bits per heavy atom. The van der Waals surface area contributed by atoms with Gasteiger partial charge < -0.3 is 14.8 Å². The molecule has 0 saturated carbocycles. The molecule has 0 aromatic heterocycles. The van der Waals surface area contributed by atoms with Gasteiger partial charge in [0.05, 0.1) is 4.90 Å². The third kappa shape index (κ3) is 7.49. The van der Waals surface area contributed by atoms with Gasteiger partial charge in [0, 0.05) is 25.2 Å². The lowest BCUT2D eigenvalue weighted by atomic mass is 10.1. The second-order valence-electron chi connectivity index (χ2n) is 7.72. The van der Waals surface area contributed by atoms with E-state index in [9.17, 15) is 26.8 Å². The van der Waals surface area contributed by atoms with Crippen LogP contribution in [0.1, 0.15) is 31.2 Å². The summed E-state index contributed by atoms with van der Waals surface area (Å²) in [7, 11) is -3.50. The zero-order chi connectivity index (χ0) is 24.6. The second kappa shape index (κ2) is 11.9. The molecule has 8 nitrogen and oxygen atoms in total. The number of rotatable bonds is 10. The second-order valence-corrected chi connectivity index (χ2v) is 9.66. The van der Waals surface area contributed by atoms with Crippen molar-refractivity contribution < 1.29 is 36.3 Å². The Morgan fingerprint density at radius 1 is 0.971 bits per heavy atom. The zero-order valence-electron chi connectivity index (χ0n) is 18.4. The fourth-order valence-corrected chi connectivity index (χ4v) is 4.98. The number of carbonyl (C=O) groups is 2. The molecule has 2 aromatic rings. The Bertz CT molecular complexity index is 1070. The number of sulfonamides is 1. The zero-order valence-corrected chi connectivity index (χ0v) is 19.2. The van der Waals surface area contributed by atoms with E-state index in [0.29, 0.717) is 25.2 Å². The molecular weight excluding hydrogens is 470 g/mol. The predicted molar refractivity (Wildman–Crippen MR) is 120 cm³/mol. The topological polar surface area (TPSA) is 102 Å². The minimum Gasteiger partial charge on any atom is -0.456 e. The van der Waals surface area contributed by atoms with Gasteiger partial charge in [-0.3, -0.25) is 9.59 Å². The number of nitrogens with one attached hydrogen (secondary N) is 1. The minimum absolute atomic E-state index is 0.0190. The van der Waals surface area contributed by atoms with Crippen molar-refractivity contribution in [3.63, 3.8) is 0 Å². The van der Waals surface area contributed by atoms with Crippen molar-refractivity contribution in [2.45, 2.75) is 43.6 Å². The quantitative estimate of drug-likeness (QED) is 0.505. The number of alkyl halides is 2. The Labute approximate surface area is 196 Å². The summed E-state index contributed by atoms with van der Waals surface area (Å²) in [6.45, 7) is -2.38. The Balaban J connectivity index is 1.41. The molecule has 1 heterocycles. The lowest BCUT2D eigenvalue weighted by Crippen LogP contribution is -2.35. The van der Waals surface area contributed by atoms with Crippen LogP contribution in [0.5, 0.6) is 5.75 Å². The van der Waals surface area contributed by atoms with E-state index in [4.69, 9.17) is 4.74 Å². The van der Waals surface area contributed by atoms with Gasteiger partial charge in [-0.15, -0.1) is 0 Å². The summed E-state index contributed by atoms with van der Waals surface area (Å²) in [5.41, 5.74) is 1.10. The van der Waals surface area contributed by atoms with E-state index < -0.39 is 35.1 Å². The lowest BCUT2D eigenvalue weighted by molar-refractivity contribution is -0.147. The monoisotopic (exact) mass is 496 g/mol. The van der Waals surface area contributed by atoms with Gasteiger partial charge in [-0.2, -0.15) is 13.1 Å². The number of halogens is 2. The van der Waals surface area contributed by atoms with Crippen LogP contribution in [0.4, 0.5) is 14.5 Å². The Kier molecular flexibility index (Phi) is 8.94. The first kappa shape index (κ1) is 25.6. The molecule has 1 N–H and O–H groups in total. The summed E-state index contributed by atoms with van der Waals surface area (Å²) in [5.74, 6) is -1.21. The van der Waals surface area contributed by atoms with Gasteiger partial charge in [-0.1, -0.05) is 18.6 Å². The highest BCUT2D eigenvalue weighted by molar-refractivity contribution is 7.89. The van der Waals surface area contributed by atoms with Gasteiger partial charge in [0.2, 0.25) is 10.0 Å². The summed E-state index contributed by atoms with van der Waals surface area (Å²) in [4.78, 5) is 24.1. The summed E-state index contributed by atoms with van der Waals surface area (Å²) in [6, 6.07) is 11.7. The van der Waals surface area contributed by atoms with Crippen LogP contribution in [-0.4, -0.2) is 50.9 Å². The number of nitrogens with zero attached hydrogens (tertiary/aromatic N) is 1. The third-order valence-electron chi connectivity index (χ3n) is 5.22. The molecule has 1 amide bonds. The fraction of sp³-hybridized carbons (Fsp3) is 0.391. The number of hydrogen-bond acceptors (Lipinski definition) is 6. The average Bonchev–Trinajstić information content (AvgIpc) is 2.83. The predicted octanol–water partition coefficient (Wildman–Crippen LogP) is 3.58. The van der Waals surface area contributed by atoms with Crippen molar-refractivity contribution in [1.82, 2.24) is 4.31 Å². The van der Waals surface area contributed by atoms with Crippen molar-refractivity contribution in [3.8, 4) is 5.75 Å². The lowest BCUT2D eigenvalue weighted by Gasteiger charge is -2.25. The van der Waals surface area contributed by atoms with Crippen LogP contribution in [0.25, 0.3) is 0 Å². The van der Waals surface area contributed by atoms with Gasteiger partial charge in [0.25, 0.3) is 5.91 Å². The summed E-state index contributed by atoms with van der Waals surface area (Å²) >= 11 is 0. The summed E-state index contributed by atoms with van der Waals surface area (Å²) in [5, 5.41) is 2.48. The summed E-state index contributed by atoms with van der Waals surface area (Å²) in [6.07, 6.45) is 3.11. The van der Waals surface area contributed by atoms with Gasteiger partial charge in [0.15, 0.2) is 6.61 Å². The van der Waals surface area contributed by atoms with Crippen molar-refractivity contribution in [2.24, 2.45) is 0 Å². The maximum atomic E-state index is 12.7. The maximum absolute atomic E-state index is 12.7. The Morgan fingerprint density at radius 2 is 1.62 bits per heavy atom. The van der Waals surface area contributed by atoms with Crippen molar-refractivity contribution in [1.29, 1.82) is 0 Å². The Hall–Kier alpha value is -3.05. The smallest absolute Gasteiger partial charge is 0.387 e. The maximum Gasteiger partial charge on any atom is 0.387 e. The molecule has 0 unspecified atom stereocenters. The van der Waals surface area contributed by atoms with Crippen LogP contribution in [0.3, 0.4) is 0 Å². The number of benzene rings is 2. The van der Waals surface area contributed by atoms with Crippen LogP contribution >= 0.6 is 0 Å². The highest BCUT2D eigenvalue weighted by Crippen LogP contribution is 2.21. The molecule has 0 aliphatic carbocycles. The number of ether oxygens (including phenoxy) is 2. The molecule has 1 aliphatic rings. The molecule has 1 fully saturated rings. The molecule has 34 heavy (non-hydrogen) atoms. The number of amides is 1. The van der Waals surface area contributed by atoms with Gasteiger partial charge in [-0.25, -0.2) is 8.42 Å². The molecule has 1 aliphatic heterocycles. The van der Waals surface area contributed by atoms with Gasteiger partial charge >= 0.3 is 12.6 Å². The van der Waals surface area contributed by atoms with E-state index in [2.05, 4.69) is 10.1 Å². The van der Waals surface area contributed by atoms with Crippen LogP contribution in [-0.2, 0) is 30.8 Å². The third-order valence-corrected chi connectivity index (χ3v) is 7.13. The normalized spacial score (nSPS) is 14.6. The molecule has 3 rings (SSSR count). The highest BCUT2D eigenvalue weighted by atomic mass is 32.2. The molecule has 184 valence electrons. The van der Waals surface area contributed by atoms with Crippen molar-refractivity contribution in [2.75, 3.05) is 25.0 Å². The molecule has 0 bridgehead atoms. The summed E-state index contributed by atoms with van der Waals surface area (Å²) < 4.78 is 60.3. The number of anilines is 1. The van der Waals surface area contributed by atoms with Crippen LogP contribution in [0.2, 0.25) is 0 Å². The van der Waals surface area contributed by atoms with Crippen LogP contribution < -0.4 is 10.1 Å². The number of esters is 1.